The molecule has 15 heavy (non-hydrogen) atoms. The van der Waals surface area contributed by atoms with Crippen molar-refractivity contribution in [3.8, 4) is 0 Å². The Balaban J connectivity index is 2.94. The fourth-order valence-corrected chi connectivity index (χ4v) is 2.13. The molecule has 1 rings (SSSR count). The maximum atomic E-state index is 6.20. The zero-order chi connectivity index (χ0) is 11.5. The van der Waals surface area contributed by atoms with Gasteiger partial charge in [-0.3, -0.25) is 0 Å². The lowest BCUT2D eigenvalue weighted by Gasteiger charge is -2.23. The van der Waals surface area contributed by atoms with Crippen LogP contribution in [0.2, 0.25) is 5.02 Å². The van der Waals surface area contributed by atoms with Crippen molar-refractivity contribution in [2.24, 2.45) is 5.41 Å². The average molecular weight is 288 g/mol. The summed E-state index contributed by atoms with van der Waals surface area (Å²) in [5.74, 6) is 0. The molecular formula is C13H16BrCl. The second kappa shape index (κ2) is 5.18. The van der Waals surface area contributed by atoms with Gasteiger partial charge in [0, 0.05) is 10.4 Å². The molecular weight excluding hydrogens is 272 g/mol. The van der Waals surface area contributed by atoms with Crippen LogP contribution < -0.4 is 0 Å². The van der Waals surface area contributed by atoms with Crippen molar-refractivity contribution in [2.45, 2.75) is 20.3 Å². The molecule has 1 aromatic rings. The molecule has 0 amide bonds. The van der Waals surface area contributed by atoms with E-state index in [2.05, 4.69) is 41.6 Å². The second-order valence-electron chi connectivity index (χ2n) is 4.26. The third-order valence-electron chi connectivity index (χ3n) is 2.60. The third kappa shape index (κ3) is 3.35. The number of benzene rings is 1. The van der Waals surface area contributed by atoms with Crippen LogP contribution in [0.25, 0.3) is 0 Å². The van der Waals surface area contributed by atoms with Crippen LogP contribution in [0.1, 0.15) is 18.1 Å². The minimum Gasteiger partial charge on any atom is -0.102 e. The molecule has 0 saturated heterocycles. The Kier molecular flexibility index (Phi) is 4.42. The summed E-state index contributed by atoms with van der Waals surface area (Å²) in [7, 11) is 0. The predicted molar refractivity (Wildman–Crippen MR) is 72.0 cm³/mol. The van der Waals surface area contributed by atoms with Gasteiger partial charge >= 0.3 is 0 Å². The summed E-state index contributed by atoms with van der Waals surface area (Å²) in [5, 5.41) is 1.75. The van der Waals surface area contributed by atoms with Gasteiger partial charge in [-0.05, 0) is 36.0 Å². The monoisotopic (exact) mass is 286 g/mol. The van der Waals surface area contributed by atoms with Crippen LogP contribution >= 0.6 is 27.5 Å². The highest BCUT2D eigenvalue weighted by Crippen LogP contribution is 2.29. The van der Waals surface area contributed by atoms with Crippen LogP contribution in [0, 0.1) is 12.3 Å². The second-order valence-corrected chi connectivity index (χ2v) is 5.23. The van der Waals surface area contributed by atoms with Crippen LogP contribution in [-0.4, -0.2) is 5.33 Å². The molecule has 0 nitrogen and oxygen atoms in total. The number of hydrogen-bond donors (Lipinski definition) is 0. The minimum atomic E-state index is 0.0684. The molecule has 0 radical (unpaired) electrons. The van der Waals surface area contributed by atoms with E-state index in [9.17, 15) is 0 Å². The Bertz CT molecular complexity index is 360. The topological polar surface area (TPSA) is 0 Å². The van der Waals surface area contributed by atoms with E-state index in [0.717, 1.165) is 16.8 Å². The molecule has 1 unspecified atom stereocenters. The minimum absolute atomic E-state index is 0.0684. The smallest absolute Gasteiger partial charge is 0.0440 e. The Labute approximate surface area is 105 Å². The van der Waals surface area contributed by atoms with Crippen molar-refractivity contribution in [3.05, 3.63) is 47.0 Å². The SMILES string of the molecule is C=CC(C)(CBr)Cc1ccc(C)cc1Cl. The van der Waals surface area contributed by atoms with Gasteiger partial charge in [-0.2, -0.15) is 0 Å². The molecule has 0 saturated carbocycles. The Morgan fingerprint density at radius 2 is 2.20 bits per heavy atom. The molecule has 1 aromatic carbocycles. The van der Waals surface area contributed by atoms with Gasteiger partial charge in [-0.1, -0.05) is 52.7 Å². The van der Waals surface area contributed by atoms with E-state index in [-0.39, 0.29) is 5.41 Å². The summed E-state index contributed by atoms with van der Waals surface area (Å²) in [6.07, 6.45) is 2.90. The van der Waals surface area contributed by atoms with Crippen LogP contribution in [0.3, 0.4) is 0 Å². The van der Waals surface area contributed by atoms with E-state index in [4.69, 9.17) is 11.6 Å². The number of hydrogen-bond acceptors (Lipinski definition) is 0. The number of allylic oxidation sites excluding steroid dienone is 1. The first-order valence-electron chi connectivity index (χ1n) is 4.95. The number of halogens is 2. The highest BCUT2D eigenvalue weighted by Gasteiger charge is 2.20. The number of alkyl halides is 1. The fraction of sp³-hybridized carbons (Fsp3) is 0.385. The molecule has 1 atom stereocenters. The van der Waals surface area contributed by atoms with Crippen LogP contribution in [0.15, 0.2) is 30.9 Å². The van der Waals surface area contributed by atoms with Gasteiger partial charge in [-0.25, -0.2) is 0 Å². The molecule has 82 valence electrons. The quantitative estimate of drug-likeness (QED) is 0.552. The van der Waals surface area contributed by atoms with Gasteiger partial charge in [0.2, 0.25) is 0 Å². The third-order valence-corrected chi connectivity index (χ3v) is 4.23. The van der Waals surface area contributed by atoms with Crippen molar-refractivity contribution >= 4 is 27.5 Å². The van der Waals surface area contributed by atoms with Crippen molar-refractivity contribution in [3.63, 3.8) is 0 Å². The Morgan fingerprint density at radius 3 is 2.67 bits per heavy atom. The van der Waals surface area contributed by atoms with Crippen molar-refractivity contribution in [1.82, 2.24) is 0 Å². The lowest BCUT2D eigenvalue weighted by molar-refractivity contribution is 0.493. The van der Waals surface area contributed by atoms with E-state index in [1.54, 1.807) is 0 Å². The number of aryl methyl sites for hydroxylation is 1. The van der Waals surface area contributed by atoms with Gasteiger partial charge in [-0.15, -0.1) is 6.58 Å². The Morgan fingerprint density at radius 1 is 1.53 bits per heavy atom. The standard InChI is InChI=1S/C13H16BrCl/c1-4-13(3,9-14)8-11-6-5-10(2)7-12(11)15/h4-7H,1,8-9H2,2-3H3. The zero-order valence-corrected chi connectivity index (χ0v) is 11.5. The number of rotatable bonds is 4. The lowest BCUT2D eigenvalue weighted by atomic mass is 9.86. The van der Waals surface area contributed by atoms with E-state index >= 15 is 0 Å². The average Bonchev–Trinajstić information content (AvgIpc) is 2.22. The fourth-order valence-electron chi connectivity index (χ4n) is 1.40. The molecule has 0 N–H and O–H groups in total. The van der Waals surface area contributed by atoms with Crippen molar-refractivity contribution < 1.29 is 0 Å². The maximum absolute atomic E-state index is 6.20. The summed E-state index contributed by atoms with van der Waals surface area (Å²) >= 11 is 9.71. The highest BCUT2D eigenvalue weighted by atomic mass is 79.9. The first kappa shape index (κ1) is 12.8. The normalized spacial score (nSPS) is 14.7. The van der Waals surface area contributed by atoms with E-state index in [0.29, 0.717) is 0 Å². The maximum Gasteiger partial charge on any atom is 0.0440 e. The lowest BCUT2D eigenvalue weighted by Crippen LogP contribution is -2.18. The summed E-state index contributed by atoms with van der Waals surface area (Å²) in [6.45, 7) is 8.09. The van der Waals surface area contributed by atoms with E-state index < -0.39 is 0 Å². The van der Waals surface area contributed by atoms with Gasteiger partial charge in [0.05, 0.1) is 0 Å². The molecule has 0 aliphatic rings. The van der Waals surface area contributed by atoms with Crippen molar-refractivity contribution in [1.29, 1.82) is 0 Å². The molecule has 2 heteroatoms. The molecule has 0 heterocycles. The van der Waals surface area contributed by atoms with Crippen LogP contribution in [0.4, 0.5) is 0 Å². The zero-order valence-electron chi connectivity index (χ0n) is 9.19. The summed E-state index contributed by atoms with van der Waals surface area (Å²) in [5.41, 5.74) is 2.45. The summed E-state index contributed by atoms with van der Waals surface area (Å²) in [4.78, 5) is 0. The van der Waals surface area contributed by atoms with Crippen LogP contribution in [0.5, 0.6) is 0 Å². The van der Waals surface area contributed by atoms with Gasteiger partial charge < -0.3 is 0 Å². The predicted octanol–water partition coefficient (Wildman–Crippen LogP) is 4.78. The first-order valence-corrected chi connectivity index (χ1v) is 6.45. The van der Waals surface area contributed by atoms with Gasteiger partial charge in [0.15, 0.2) is 0 Å². The van der Waals surface area contributed by atoms with Crippen LogP contribution in [-0.2, 0) is 6.42 Å². The van der Waals surface area contributed by atoms with Gasteiger partial charge in [0.25, 0.3) is 0 Å². The Hall–Kier alpha value is -0.270. The van der Waals surface area contributed by atoms with Crippen molar-refractivity contribution in [2.75, 3.05) is 5.33 Å². The molecule has 0 spiro atoms. The van der Waals surface area contributed by atoms with E-state index in [1.807, 2.05) is 19.1 Å². The largest absolute Gasteiger partial charge is 0.102 e. The molecule has 0 fully saturated rings. The van der Waals surface area contributed by atoms with E-state index in [1.165, 1.54) is 11.1 Å². The van der Waals surface area contributed by atoms with Gasteiger partial charge in [0.1, 0.15) is 0 Å². The summed E-state index contributed by atoms with van der Waals surface area (Å²) < 4.78 is 0. The summed E-state index contributed by atoms with van der Waals surface area (Å²) in [6, 6.07) is 6.20. The molecule has 0 aromatic heterocycles. The molecule has 0 bridgehead atoms. The molecule has 0 aliphatic carbocycles. The highest BCUT2D eigenvalue weighted by molar-refractivity contribution is 9.09. The first-order chi connectivity index (χ1) is 7.00. The molecule has 0 aliphatic heterocycles.